The largest absolute Gasteiger partial charge is 0.298 e. The second kappa shape index (κ2) is 4.43. The SMILES string of the molecule is O=C(CS(=O)(=O)O)C1CCSCC1. The van der Waals surface area contributed by atoms with Crippen LogP contribution in [-0.2, 0) is 14.9 Å². The maximum Gasteiger partial charge on any atom is 0.272 e. The van der Waals surface area contributed by atoms with Crippen molar-refractivity contribution in [1.29, 1.82) is 0 Å². The zero-order valence-corrected chi connectivity index (χ0v) is 8.73. The summed E-state index contributed by atoms with van der Waals surface area (Å²) in [6, 6.07) is 0. The molecule has 0 saturated carbocycles. The molecule has 1 heterocycles. The summed E-state index contributed by atoms with van der Waals surface area (Å²) in [5.41, 5.74) is 0. The molecule has 0 unspecified atom stereocenters. The van der Waals surface area contributed by atoms with E-state index in [2.05, 4.69) is 0 Å². The number of rotatable bonds is 3. The second-order valence-electron chi connectivity index (χ2n) is 3.08. The average molecular weight is 224 g/mol. The van der Waals surface area contributed by atoms with Crippen LogP contribution in [0.25, 0.3) is 0 Å². The molecule has 0 aromatic rings. The molecule has 0 spiro atoms. The third-order valence-electron chi connectivity index (χ3n) is 2.00. The maximum absolute atomic E-state index is 11.3. The van der Waals surface area contributed by atoms with Crippen LogP contribution in [-0.4, -0.2) is 36.0 Å². The van der Waals surface area contributed by atoms with Gasteiger partial charge in [-0.3, -0.25) is 9.35 Å². The van der Waals surface area contributed by atoms with E-state index in [0.29, 0.717) is 0 Å². The molecule has 76 valence electrons. The van der Waals surface area contributed by atoms with Gasteiger partial charge in [-0.2, -0.15) is 20.2 Å². The van der Waals surface area contributed by atoms with Crippen molar-refractivity contribution in [3.05, 3.63) is 0 Å². The Hall–Kier alpha value is -0.0700. The molecule has 0 atom stereocenters. The fourth-order valence-corrected chi connectivity index (χ4v) is 3.02. The minimum absolute atomic E-state index is 0.164. The number of ketones is 1. The molecule has 1 aliphatic rings. The molecule has 0 amide bonds. The Balaban J connectivity index is 2.47. The summed E-state index contributed by atoms with van der Waals surface area (Å²) < 4.78 is 29.3. The molecule has 0 radical (unpaired) electrons. The molecule has 13 heavy (non-hydrogen) atoms. The van der Waals surface area contributed by atoms with Crippen molar-refractivity contribution in [1.82, 2.24) is 0 Å². The zero-order chi connectivity index (χ0) is 9.90. The highest BCUT2D eigenvalue weighted by molar-refractivity contribution is 7.99. The number of hydrogen-bond acceptors (Lipinski definition) is 4. The van der Waals surface area contributed by atoms with Crippen molar-refractivity contribution in [2.75, 3.05) is 17.3 Å². The molecule has 1 saturated heterocycles. The normalized spacial score (nSPS) is 20.1. The van der Waals surface area contributed by atoms with Crippen LogP contribution in [0.5, 0.6) is 0 Å². The Morgan fingerprint density at radius 1 is 1.38 bits per heavy atom. The molecular weight excluding hydrogens is 212 g/mol. The van der Waals surface area contributed by atoms with E-state index >= 15 is 0 Å². The standard InChI is InChI=1S/C7H12O4S2/c8-7(5-13(9,10)11)6-1-3-12-4-2-6/h6H,1-5H2,(H,9,10,11). The fourth-order valence-electron chi connectivity index (χ4n) is 1.32. The number of hydrogen-bond donors (Lipinski definition) is 1. The van der Waals surface area contributed by atoms with E-state index in [0.717, 1.165) is 24.3 Å². The second-order valence-corrected chi connectivity index (χ2v) is 5.76. The van der Waals surface area contributed by atoms with Gasteiger partial charge in [0.05, 0.1) is 0 Å². The highest BCUT2D eigenvalue weighted by Gasteiger charge is 2.24. The van der Waals surface area contributed by atoms with Gasteiger partial charge in [0.25, 0.3) is 10.1 Å². The molecule has 0 bridgehead atoms. The topological polar surface area (TPSA) is 71.4 Å². The maximum atomic E-state index is 11.3. The van der Waals surface area contributed by atoms with E-state index in [1.165, 1.54) is 0 Å². The van der Waals surface area contributed by atoms with Gasteiger partial charge in [0, 0.05) is 5.92 Å². The summed E-state index contributed by atoms with van der Waals surface area (Å²) in [6.45, 7) is 0. The van der Waals surface area contributed by atoms with Gasteiger partial charge in [-0.25, -0.2) is 0 Å². The van der Waals surface area contributed by atoms with Crippen molar-refractivity contribution < 1.29 is 17.8 Å². The average Bonchev–Trinajstić information content (AvgIpc) is 2.03. The Kier molecular flexibility index (Phi) is 3.75. The van der Waals surface area contributed by atoms with Crippen LogP contribution in [0.15, 0.2) is 0 Å². The Bertz CT molecular complexity index is 277. The first-order chi connectivity index (χ1) is 5.99. The van der Waals surface area contributed by atoms with Crippen LogP contribution in [0, 0.1) is 5.92 Å². The van der Waals surface area contributed by atoms with Gasteiger partial charge < -0.3 is 0 Å². The lowest BCUT2D eigenvalue weighted by molar-refractivity contribution is -0.120. The summed E-state index contributed by atoms with van der Waals surface area (Å²) in [5, 5.41) is 0. The monoisotopic (exact) mass is 224 g/mol. The lowest BCUT2D eigenvalue weighted by Crippen LogP contribution is -2.26. The minimum Gasteiger partial charge on any atom is -0.298 e. The number of thioether (sulfide) groups is 1. The van der Waals surface area contributed by atoms with E-state index < -0.39 is 15.9 Å². The highest BCUT2D eigenvalue weighted by atomic mass is 32.2. The first kappa shape index (κ1) is 11.0. The quantitative estimate of drug-likeness (QED) is 0.710. The van der Waals surface area contributed by atoms with E-state index in [4.69, 9.17) is 4.55 Å². The Morgan fingerprint density at radius 3 is 2.38 bits per heavy atom. The Morgan fingerprint density at radius 2 is 1.92 bits per heavy atom. The molecule has 6 heteroatoms. The summed E-state index contributed by atoms with van der Waals surface area (Å²) in [5.74, 6) is 0.581. The molecule has 1 rings (SSSR count). The molecule has 0 aromatic carbocycles. The van der Waals surface area contributed by atoms with Gasteiger partial charge in [-0.1, -0.05) is 0 Å². The van der Waals surface area contributed by atoms with E-state index in [9.17, 15) is 13.2 Å². The van der Waals surface area contributed by atoms with Crippen molar-refractivity contribution in [2.24, 2.45) is 5.92 Å². The van der Waals surface area contributed by atoms with Crippen molar-refractivity contribution in [3.63, 3.8) is 0 Å². The predicted octanol–water partition coefficient (Wildman–Crippen LogP) is 0.587. The van der Waals surface area contributed by atoms with Gasteiger partial charge in [0.1, 0.15) is 5.75 Å². The fraction of sp³-hybridized carbons (Fsp3) is 0.857. The van der Waals surface area contributed by atoms with Gasteiger partial charge in [-0.15, -0.1) is 0 Å². The number of carbonyl (C=O) groups is 1. The zero-order valence-electron chi connectivity index (χ0n) is 7.10. The lowest BCUT2D eigenvalue weighted by Gasteiger charge is -2.19. The summed E-state index contributed by atoms with van der Waals surface area (Å²) in [7, 11) is -4.13. The van der Waals surface area contributed by atoms with Crippen LogP contribution >= 0.6 is 11.8 Å². The molecule has 1 fully saturated rings. The molecule has 0 aromatic heterocycles. The van der Waals surface area contributed by atoms with Crippen LogP contribution in [0.4, 0.5) is 0 Å². The van der Waals surface area contributed by atoms with Crippen molar-refractivity contribution in [2.45, 2.75) is 12.8 Å². The van der Waals surface area contributed by atoms with Crippen molar-refractivity contribution >= 4 is 27.7 Å². The third kappa shape index (κ3) is 4.10. The first-order valence-corrected chi connectivity index (χ1v) is 6.81. The molecule has 0 aliphatic carbocycles. The van der Waals surface area contributed by atoms with Crippen LogP contribution < -0.4 is 0 Å². The predicted molar refractivity (Wildman–Crippen MR) is 51.5 cm³/mol. The van der Waals surface area contributed by atoms with Gasteiger partial charge >= 0.3 is 0 Å². The van der Waals surface area contributed by atoms with Crippen LogP contribution in [0.2, 0.25) is 0 Å². The first-order valence-electron chi connectivity index (χ1n) is 4.04. The number of carbonyl (C=O) groups excluding carboxylic acids is 1. The third-order valence-corrected chi connectivity index (χ3v) is 3.70. The lowest BCUT2D eigenvalue weighted by atomic mass is 9.99. The molecule has 1 aliphatic heterocycles. The van der Waals surface area contributed by atoms with E-state index in [1.54, 1.807) is 11.8 Å². The van der Waals surface area contributed by atoms with Gasteiger partial charge in [-0.05, 0) is 24.3 Å². The summed E-state index contributed by atoms with van der Waals surface area (Å²) >= 11 is 1.77. The van der Waals surface area contributed by atoms with E-state index in [-0.39, 0.29) is 11.7 Å². The minimum atomic E-state index is -4.13. The summed E-state index contributed by atoms with van der Waals surface area (Å²) in [4.78, 5) is 11.3. The molecule has 1 N–H and O–H groups in total. The number of Topliss-reactive ketones (excluding diaryl/α,β-unsaturated/α-hetero) is 1. The molecular formula is C7H12O4S2. The van der Waals surface area contributed by atoms with Crippen LogP contribution in [0.3, 0.4) is 0 Å². The summed E-state index contributed by atoms with van der Waals surface area (Å²) in [6.07, 6.45) is 1.47. The Labute approximate surface area is 81.8 Å². The smallest absolute Gasteiger partial charge is 0.272 e. The highest BCUT2D eigenvalue weighted by Crippen LogP contribution is 2.23. The van der Waals surface area contributed by atoms with Gasteiger partial charge in [0.2, 0.25) is 0 Å². The molecule has 4 nitrogen and oxygen atoms in total. The van der Waals surface area contributed by atoms with Gasteiger partial charge in [0.15, 0.2) is 5.78 Å². The van der Waals surface area contributed by atoms with Crippen molar-refractivity contribution in [3.8, 4) is 0 Å². The van der Waals surface area contributed by atoms with E-state index in [1.807, 2.05) is 0 Å². The van der Waals surface area contributed by atoms with Crippen LogP contribution in [0.1, 0.15) is 12.8 Å².